The molecule has 0 saturated carbocycles. The Kier molecular flexibility index (Phi) is 3.93. The average Bonchev–Trinajstić information content (AvgIpc) is 2.43. The summed E-state index contributed by atoms with van der Waals surface area (Å²) in [5.74, 6) is -2.53. The normalized spacial score (nSPS) is 10.3. The van der Waals surface area contributed by atoms with Crippen LogP contribution in [0, 0.1) is 18.6 Å². The highest BCUT2D eigenvalue weighted by Crippen LogP contribution is 2.22. The van der Waals surface area contributed by atoms with Gasteiger partial charge in [0.15, 0.2) is 5.82 Å². The lowest BCUT2D eigenvalue weighted by Gasteiger charge is -2.10. The second-order valence-corrected chi connectivity index (χ2v) is 4.23. The van der Waals surface area contributed by atoms with Gasteiger partial charge in [-0.15, -0.1) is 0 Å². The van der Waals surface area contributed by atoms with Gasteiger partial charge >= 0.3 is 5.97 Å². The van der Waals surface area contributed by atoms with Crippen LogP contribution in [0.2, 0.25) is 0 Å². The summed E-state index contributed by atoms with van der Waals surface area (Å²) < 4.78 is 27.3. The Bertz CT molecular complexity index is 660. The van der Waals surface area contributed by atoms with Gasteiger partial charge in [-0.05, 0) is 30.7 Å². The summed E-state index contributed by atoms with van der Waals surface area (Å²) in [5, 5.41) is 11.4. The summed E-state index contributed by atoms with van der Waals surface area (Å²) in [6, 6.07) is 6.96. The predicted octanol–water partition coefficient (Wildman–Crippen LogP) is 2.98. The molecule has 4 nitrogen and oxygen atoms in total. The molecule has 0 amide bonds. The fourth-order valence-corrected chi connectivity index (χ4v) is 1.69. The molecule has 0 aliphatic carbocycles. The van der Waals surface area contributed by atoms with Crippen LogP contribution in [0.5, 0.6) is 0 Å². The first-order chi connectivity index (χ1) is 9.49. The minimum atomic E-state index is -1.15. The van der Waals surface area contributed by atoms with Crippen LogP contribution in [0.15, 0.2) is 30.3 Å². The molecule has 1 aromatic heterocycles. The van der Waals surface area contributed by atoms with E-state index in [1.807, 2.05) is 0 Å². The van der Waals surface area contributed by atoms with Gasteiger partial charge in [0.25, 0.3) is 0 Å². The van der Waals surface area contributed by atoms with Gasteiger partial charge in [0, 0.05) is 0 Å². The quantitative estimate of drug-likeness (QED) is 0.902. The lowest BCUT2D eigenvalue weighted by atomic mass is 10.2. The molecule has 0 bridgehead atoms. The van der Waals surface area contributed by atoms with Gasteiger partial charge < -0.3 is 10.4 Å². The Hall–Kier alpha value is -2.50. The summed E-state index contributed by atoms with van der Waals surface area (Å²) in [5.41, 5.74) is 0.341. The molecule has 0 aliphatic rings. The zero-order chi connectivity index (χ0) is 14.7. The van der Waals surface area contributed by atoms with Crippen molar-refractivity contribution in [1.82, 2.24) is 4.98 Å². The summed E-state index contributed by atoms with van der Waals surface area (Å²) in [4.78, 5) is 14.6. The van der Waals surface area contributed by atoms with Crippen molar-refractivity contribution in [2.75, 3.05) is 5.32 Å². The number of aromatic nitrogens is 1. The number of anilines is 1. The lowest BCUT2D eigenvalue weighted by Crippen LogP contribution is -2.08. The number of benzene rings is 1. The van der Waals surface area contributed by atoms with Crippen molar-refractivity contribution in [2.45, 2.75) is 13.5 Å². The van der Waals surface area contributed by atoms with Crippen LogP contribution in [0.4, 0.5) is 14.5 Å². The Morgan fingerprint density at radius 1 is 1.30 bits per heavy atom. The molecule has 6 heteroatoms. The number of aryl methyl sites for hydroxylation is 1. The highest BCUT2D eigenvalue weighted by Gasteiger charge is 2.11. The van der Waals surface area contributed by atoms with Crippen molar-refractivity contribution in [1.29, 1.82) is 0 Å². The first kappa shape index (κ1) is 13.9. The highest BCUT2D eigenvalue weighted by molar-refractivity contribution is 5.85. The molecule has 0 spiro atoms. The summed E-state index contributed by atoms with van der Waals surface area (Å²) in [6.45, 7) is 1.56. The number of carbonyl (C=O) groups is 1. The molecule has 1 heterocycles. The third-order valence-electron chi connectivity index (χ3n) is 2.76. The summed E-state index contributed by atoms with van der Waals surface area (Å²) in [7, 11) is 0. The van der Waals surface area contributed by atoms with Crippen LogP contribution in [-0.4, -0.2) is 16.1 Å². The smallest absolute Gasteiger partial charge is 0.354 e. The maximum atomic E-state index is 13.8. The SMILES string of the molecule is Cc1ccc(F)c(NCc2cccc(C(=O)O)n2)c1F. The second kappa shape index (κ2) is 5.64. The van der Waals surface area contributed by atoms with E-state index >= 15 is 0 Å². The standard InChI is InChI=1S/C14H12F2N2O2/c1-8-5-6-10(15)13(12(8)16)17-7-9-3-2-4-11(18-9)14(19)20/h2-6,17H,7H2,1H3,(H,19,20). The third kappa shape index (κ3) is 2.90. The molecule has 0 saturated heterocycles. The lowest BCUT2D eigenvalue weighted by molar-refractivity contribution is 0.0690. The van der Waals surface area contributed by atoms with E-state index in [0.29, 0.717) is 11.3 Å². The van der Waals surface area contributed by atoms with Crippen molar-refractivity contribution < 1.29 is 18.7 Å². The highest BCUT2D eigenvalue weighted by atomic mass is 19.1. The molecule has 0 fully saturated rings. The van der Waals surface area contributed by atoms with Gasteiger partial charge in [-0.3, -0.25) is 0 Å². The second-order valence-electron chi connectivity index (χ2n) is 4.23. The number of hydrogen-bond acceptors (Lipinski definition) is 3. The van der Waals surface area contributed by atoms with Crippen LogP contribution >= 0.6 is 0 Å². The van der Waals surface area contributed by atoms with E-state index in [9.17, 15) is 13.6 Å². The number of carboxylic acids is 1. The Morgan fingerprint density at radius 2 is 2.05 bits per heavy atom. The number of nitrogens with zero attached hydrogens (tertiary/aromatic N) is 1. The molecule has 0 atom stereocenters. The molecule has 2 rings (SSSR count). The van der Waals surface area contributed by atoms with Crippen molar-refractivity contribution in [2.24, 2.45) is 0 Å². The van der Waals surface area contributed by atoms with Gasteiger partial charge in [-0.25, -0.2) is 18.6 Å². The van der Waals surface area contributed by atoms with E-state index in [1.54, 1.807) is 6.07 Å². The van der Waals surface area contributed by atoms with Gasteiger partial charge in [0.2, 0.25) is 0 Å². The molecule has 0 radical (unpaired) electrons. The molecule has 20 heavy (non-hydrogen) atoms. The first-order valence-electron chi connectivity index (χ1n) is 5.86. The maximum absolute atomic E-state index is 13.8. The Balaban J connectivity index is 2.19. The van der Waals surface area contributed by atoms with Crippen molar-refractivity contribution in [3.05, 3.63) is 58.9 Å². The van der Waals surface area contributed by atoms with E-state index < -0.39 is 17.6 Å². The van der Waals surface area contributed by atoms with E-state index in [4.69, 9.17) is 5.11 Å². The molecule has 104 valence electrons. The van der Waals surface area contributed by atoms with Crippen molar-refractivity contribution >= 4 is 11.7 Å². The van der Waals surface area contributed by atoms with Crippen LogP contribution in [0.25, 0.3) is 0 Å². The summed E-state index contributed by atoms with van der Waals surface area (Å²) in [6.07, 6.45) is 0. The fourth-order valence-electron chi connectivity index (χ4n) is 1.69. The zero-order valence-electron chi connectivity index (χ0n) is 10.7. The number of halogens is 2. The van der Waals surface area contributed by atoms with E-state index in [0.717, 1.165) is 0 Å². The van der Waals surface area contributed by atoms with Gasteiger partial charge in [-0.1, -0.05) is 12.1 Å². The van der Waals surface area contributed by atoms with Crippen LogP contribution in [0.1, 0.15) is 21.7 Å². The van der Waals surface area contributed by atoms with Gasteiger partial charge in [-0.2, -0.15) is 0 Å². The van der Waals surface area contributed by atoms with Crippen LogP contribution in [0.3, 0.4) is 0 Å². The minimum Gasteiger partial charge on any atom is -0.477 e. The van der Waals surface area contributed by atoms with Crippen LogP contribution in [-0.2, 0) is 6.54 Å². The number of aromatic carboxylic acids is 1. The minimum absolute atomic E-state index is 0.0262. The van der Waals surface area contributed by atoms with Gasteiger partial charge in [0.1, 0.15) is 17.2 Å². The largest absolute Gasteiger partial charge is 0.477 e. The topological polar surface area (TPSA) is 62.2 Å². The fraction of sp³-hybridized carbons (Fsp3) is 0.143. The number of nitrogens with one attached hydrogen (secondary N) is 1. The van der Waals surface area contributed by atoms with E-state index in [-0.39, 0.29) is 17.9 Å². The molecule has 0 unspecified atom stereocenters. The Labute approximate surface area is 114 Å². The molecular formula is C14H12F2N2O2. The summed E-state index contributed by atoms with van der Waals surface area (Å²) >= 11 is 0. The van der Waals surface area contributed by atoms with Gasteiger partial charge in [0.05, 0.1) is 12.2 Å². The van der Waals surface area contributed by atoms with E-state index in [2.05, 4.69) is 10.3 Å². The van der Waals surface area contributed by atoms with Crippen molar-refractivity contribution in [3.8, 4) is 0 Å². The number of pyridine rings is 1. The molecule has 2 aromatic rings. The molecule has 1 aromatic carbocycles. The molecular weight excluding hydrogens is 266 g/mol. The van der Waals surface area contributed by atoms with E-state index in [1.165, 1.54) is 31.2 Å². The molecule has 0 aliphatic heterocycles. The molecule has 2 N–H and O–H groups in total. The van der Waals surface area contributed by atoms with Crippen LogP contribution < -0.4 is 5.32 Å². The average molecular weight is 278 g/mol. The maximum Gasteiger partial charge on any atom is 0.354 e. The first-order valence-corrected chi connectivity index (χ1v) is 5.86. The monoisotopic (exact) mass is 278 g/mol. The van der Waals surface area contributed by atoms with Crippen molar-refractivity contribution in [3.63, 3.8) is 0 Å². The number of rotatable bonds is 4. The third-order valence-corrected chi connectivity index (χ3v) is 2.76. The number of carboxylic acid groups (broad SMARTS) is 1. The Morgan fingerprint density at radius 3 is 2.75 bits per heavy atom. The number of hydrogen-bond donors (Lipinski definition) is 2. The predicted molar refractivity (Wildman–Crippen MR) is 69.6 cm³/mol. The zero-order valence-corrected chi connectivity index (χ0v) is 10.7.